The van der Waals surface area contributed by atoms with E-state index in [2.05, 4.69) is 15.6 Å². The van der Waals surface area contributed by atoms with Crippen LogP contribution in [0.4, 0.5) is 0 Å². The molecule has 0 bridgehead atoms. The van der Waals surface area contributed by atoms with Crippen LogP contribution >= 0.6 is 0 Å². The number of nitrogens with zero attached hydrogens (tertiary/aromatic N) is 1. The fraction of sp³-hybridized carbons (Fsp3) is 0.100. The van der Waals surface area contributed by atoms with Crippen LogP contribution in [0.5, 0.6) is 5.75 Å². The minimum atomic E-state index is -0.726. The van der Waals surface area contributed by atoms with E-state index in [-0.39, 0.29) is 18.3 Å². The number of amides is 2. The molecular weight excluding hydrogens is 210 g/mol. The lowest BCUT2D eigenvalue weighted by Crippen LogP contribution is -2.25. The van der Waals surface area contributed by atoms with Crippen LogP contribution in [-0.2, 0) is 16.1 Å². The topological polar surface area (TPSA) is 90.8 Å². The number of aliphatic imine (C=N–C) groups is 1. The van der Waals surface area contributed by atoms with Gasteiger partial charge in [0.05, 0.1) is 6.54 Å². The normalized spacial score (nSPS) is 14.6. The maximum absolute atomic E-state index is 10.8. The van der Waals surface area contributed by atoms with Gasteiger partial charge in [-0.3, -0.25) is 20.2 Å². The minimum Gasteiger partial charge on any atom is -0.508 e. The number of carbonyl (C=O) groups excluding carboxylic acids is 2. The van der Waals surface area contributed by atoms with E-state index in [1.54, 1.807) is 24.3 Å². The Balaban J connectivity index is 2.08. The third-order valence-corrected chi connectivity index (χ3v) is 2.07. The molecule has 1 saturated heterocycles. The number of aromatic hydroxyl groups is 1. The van der Waals surface area contributed by atoms with Crippen LogP contribution in [0.2, 0.25) is 0 Å². The van der Waals surface area contributed by atoms with Gasteiger partial charge in [0.15, 0.2) is 0 Å². The Morgan fingerprint density at radius 1 is 1.12 bits per heavy atom. The summed E-state index contributed by atoms with van der Waals surface area (Å²) in [6, 6.07) is 6.71. The second-order valence-electron chi connectivity index (χ2n) is 3.20. The Bertz CT molecular complexity index is 464. The van der Waals surface area contributed by atoms with Crippen LogP contribution < -0.4 is 10.6 Å². The van der Waals surface area contributed by atoms with Crippen molar-refractivity contribution in [2.24, 2.45) is 4.99 Å². The number of guanidine groups is 1. The SMILES string of the molecule is O=C1NC(=NCc2ccccc2O)NC1=O. The highest BCUT2D eigenvalue weighted by atomic mass is 16.3. The number of hydrogen-bond acceptors (Lipinski definition) is 4. The number of carbonyl (C=O) groups is 2. The monoisotopic (exact) mass is 219 g/mol. The van der Waals surface area contributed by atoms with Crippen molar-refractivity contribution in [1.82, 2.24) is 10.6 Å². The molecule has 1 aromatic carbocycles. The fourth-order valence-corrected chi connectivity index (χ4v) is 1.25. The fourth-order valence-electron chi connectivity index (χ4n) is 1.25. The number of phenolic OH excluding ortho intramolecular Hbond substituents is 1. The average Bonchev–Trinajstić information content (AvgIpc) is 2.57. The number of rotatable bonds is 2. The maximum Gasteiger partial charge on any atom is 0.316 e. The zero-order valence-electron chi connectivity index (χ0n) is 8.23. The number of hydrogen-bond donors (Lipinski definition) is 3. The summed E-state index contributed by atoms with van der Waals surface area (Å²) in [5, 5.41) is 14.0. The molecule has 2 rings (SSSR count). The van der Waals surface area contributed by atoms with Gasteiger partial charge in [0, 0.05) is 5.56 Å². The Labute approximate surface area is 91.0 Å². The highest BCUT2D eigenvalue weighted by molar-refractivity contribution is 6.45. The lowest BCUT2D eigenvalue weighted by Gasteiger charge is -2.00. The summed E-state index contributed by atoms with van der Waals surface area (Å²) >= 11 is 0. The van der Waals surface area contributed by atoms with Crippen molar-refractivity contribution in [3.8, 4) is 5.75 Å². The van der Waals surface area contributed by atoms with Crippen molar-refractivity contribution in [2.75, 3.05) is 0 Å². The lowest BCUT2D eigenvalue weighted by molar-refractivity contribution is -0.135. The van der Waals surface area contributed by atoms with Gasteiger partial charge in [-0.2, -0.15) is 0 Å². The van der Waals surface area contributed by atoms with Gasteiger partial charge in [0.1, 0.15) is 5.75 Å². The molecule has 0 aliphatic carbocycles. The molecule has 3 N–H and O–H groups in total. The van der Waals surface area contributed by atoms with Gasteiger partial charge in [0.25, 0.3) is 0 Å². The molecule has 0 aromatic heterocycles. The summed E-state index contributed by atoms with van der Waals surface area (Å²) in [4.78, 5) is 25.6. The Morgan fingerprint density at radius 3 is 2.38 bits per heavy atom. The number of para-hydroxylation sites is 1. The van der Waals surface area contributed by atoms with E-state index in [9.17, 15) is 14.7 Å². The number of nitrogens with one attached hydrogen (secondary N) is 2. The number of benzene rings is 1. The second kappa shape index (κ2) is 4.01. The average molecular weight is 219 g/mol. The predicted molar refractivity (Wildman–Crippen MR) is 55.5 cm³/mol. The molecule has 16 heavy (non-hydrogen) atoms. The molecule has 0 spiro atoms. The maximum atomic E-state index is 10.8. The first-order chi connectivity index (χ1) is 7.66. The van der Waals surface area contributed by atoms with E-state index >= 15 is 0 Å². The minimum absolute atomic E-state index is 0.109. The molecule has 2 amide bonds. The molecule has 1 aliphatic heterocycles. The molecule has 0 saturated carbocycles. The lowest BCUT2D eigenvalue weighted by atomic mass is 10.2. The zero-order chi connectivity index (χ0) is 11.5. The summed E-state index contributed by atoms with van der Waals surface area (Å²) < 4.78 is 0. The quantitative estimate of drug-likeness (QED) is 0.585. The first-order valence-electron chi connectivity index (χ1n) is 4.60. The molecule has 0 radical (unpaired) electrons. The molecule has 82 valence electrons. The van der Waals surface area contributed by atoms with E-state index in [4.69, 9.17) is 0 Å². The van der Waals surface area contributed by atoms with Gasteiger partial charge in [-0.15, -0.1) is 0 Å². The standard InChI is InChI=1S/C10H9N3O3/c14-7-4-2-1-3-6(7)5-11-10-12-8(15)9(16)13-10/h1-4,14H,5H2,(H2,11,12,13,15,16). The van der Waals surface area contributed by atoms with Crippen molar-refractivity contribution in [2.45, 2.75) is 6.54 Å². The first kappa shape index (κ1) is 10.2. The van der Waals surface area contributed by atoms with E-state index in [1.165, 1.54) is 0 Å². The summed E-state index contributed by atoms with van der Waals surface area (Å²) in [5.74, 6) is -1.21. The summed E-state index contributed by atoms with van der Waals surface area (Å²) in [6.07, 6.45) is 0. The molecule has 6 heteroatoms. The largest absolute Gasteiger partial charge is 0.508 e. The molecule has 1 aliphatic rings. The first-order valence-corrected chi connectivity index (χ1v) is 4.60. The van der Waals surface area contributed by atoms with Gasteiger partial charge in [-0.05, 0) is 6.07 Å². The van der Waals surface area contributed by atoms with E-state index < -0.39 is 11.8 Å². The van der Waals surface area contributed by atoms with Crippen LogP contribution in [0.3, 0.4) is 0 Å². The van der Waals surface area contributed by atoms with Gasteiger partial charge in [-0.25, -0.2) is 4.99 Å². The molecule has 0 atom stereocenters. The molecule has 0 unspecified atom stereocenters. The number of phenols is 1. The highest BCUT2D eigenvalue weighted by Gasteiger charge is 2.24. The van der Waals surface area contributed by atoms with Crippen molar-refractivity contribution < 1.29 is 14.7 Å². The van der Waals surface area contributed by atoms with Crippen LogP contribution in [0.1, 0.15) is 5.56 Å². The second-order valence-corrected chi connectivity index (χ2v) is 3.20. The highest BCUT2D eigenvalue weighted by Crippen LogP contribution is 2.16. The Morgan fingerprint density at radius 2 is 1.75 bits per heavy atom. The van der Waals surface area contributed by atoms with E-state index in [1.807, 2.05) is 0 Å². The van der Waals surface area contributed by atoms with E-state index in [0.717, 1.165) is 0 Å². The molecule has 6 nitrogen and oxygen atoms in total. The smallest absolute Gasteiger partial charge is 0.316 e. The summed E-state index contributed by atoms with van der Waals surface area (Å²) in [7, 11) is 0. The summed E-state index contributed by atoms with van der Waals surface area (Å²) in [5.41, 5.74) is 0.616. The summed E-state index contributed by atoms with van der Waals surface area (Å²) in [6.45, 7) is 0.183. The van der Waals surface area contributed by atoms with Gasteiger partial charge >= 0.3 is 11.8 Å². The molecule has 1 fully saturated rings. The van der Waals surface area contributed by atoms with Crippen LogP contribution in [0.15, 0.2) is 29.3 Å². The van der Waals surface area contributed by atoms with Crippen LogP contribution in [-0.4, -0.2) is 22.9 Å². The Kier molecular flexibility index (Phi) is 2.55. The van der Waals surface area contributed by atoms with Crippen LogP contribution in [0, 0.1) is 0 Å². The third-order valence-electron chi connectivity index (χ3n) is 2.07. The third kappa shape index (κ3) is 2.00. The van der Waals surface area contributed by atoms with E-state index in [0.29, 0.717) is 5.56 Å². The van der Waals surface area contributed by atoms with Gasteiger partial charge in [0.2, 0.25) is 5.96 Å². The molecular formula is C10H9N3O3. The van der Waals surface area contributed by atoms with Crippen molar-refractivity contribution in [3.05, 3.63) is 29.8 Å². The van der Waals surface area contributed by atoms with Gasteiger partial charge < -0.3 is 5.11 Å². The van der Waals surface area contributed by atoms with Crippen LogP contribution in [0.25, 0.3) is 0 Å². The van der Waals surface area contributed by atoms with Crippen molar-refractivity contribution in [1.29, 1.82) is 0 Å². The van der Waals surface area contributed by atoms with Crippen molar-refractivity contribution in [3.63, 3.8) is 0 Å². The Hall–Kier alpha value is -2.37. The van der Waals surface area contributed by atoms with Crippen molar-refractivity contribution >= 4 is 17.8 Å². The van der Waals surface area contributed by atoms with Gasteiger partial charge in [-0.1, -0.05) is 18.2 Å². The predicted octanol–water partition coefficient (Wildman–Crippen LogP) is -0.506. The molecule has 1 heterocycles. The molecule has 1 aromatic rings. The zero-order valence-corrected chi connectivity index (χ0v) is 8.23.